The molecule has 17 heavy (non-hydrogen) atoms. The zero-order valence-electron chi connectivity index (χ0n) is 10.1. The summed E-state index contributed by atoms with van der Waals surface area (Å²) in [5.41, 5.74) is 2.26. The molecule has 0 radical (unpaired) electrons. The van der Waals surface area contributed by atoms with Gasteiger partial charge in [-0.2, -0.15) is 10.2 Å². The second-order valence-corrected chi connectivity index (χ2v) is 3.91. The molecule has 0 N–H and O–H groups in total. The molecule has 2 rings (SSSR count). The molecule has 0 fully saturated rings. The zero-order chi connectivity index (χ0) is 12.4. The molecule has 0 aromatic carbocycles. The number of nitrogens with zero attached hydrogens (tertiary/aromatic N) is 4. The Balaban J connectivity index is 2.13. The highest BCUT2D eigenvalue weighted by molar-refractivity contribution is 6.05. The molecule has 88 valence electrons. The number of hydrogen-bond donors (Lipinski definition) is 0. The van der Waals surface area contributed by atoms with Crippen LogP contribution in [0.2, 0.25) is 0 Å². The molecule has 0 bridgehead atoms. The SMILES string of the molecule is Cc1cc(/C=C/C(=O)c2ccn(C)n2)nn1C. The highest BCUT2D eigenvalue weighted by Gasteiger charge is 2.05. The molecule has 0 saturated carbocycles. The topological polar surface area (TPSA) is 52.7 Å². The number of carbonyl (C=O) groups is 1. The predicted molar refractivity (Wildman–Crippen MR) is 64.5 cm³/mol. The van der Waals surface area contributed by atoms with E-state index in [1.54, 1.807) is 34.8 Å². The van der Waals surface area contributed by atoms with Crippen molar-refractivity contribution in [1.29, 1.82) is 0 Å². The molecule has 0 saturated heterocycles. The van der Waals surface area contributed by atoms with E-state index in [0.717, 1.165) is 11.4 Å². The molecular weight excluding hydrogens is 216 g/mol. The molecule has 0 aliphatic heterocycles. The van der Waals surface area contributed by atoms with Crippen molar-refractivity contribution in [2.24, 2.45) is 14.1 Å². The summed E-state index contributed by atoms with van der Waals surface area (Å²) >= 11 is 0. The summed E-state index contributed by atoms with van der Waals surface area (Å²) in [7, 11) is 3.65. The highest BCUT2D eigenvalue weighted by atomic mass is 16.1. The van der Waals surface area contributed by atoms with E-state index in [4.69, 9.17) is 0 Å². The third kappa shape index (κ3) is 2.50. The van der Waals surface area contributed by atoms with Crippen molar-refractivity contribution in [3.8, 4) is 0 Å². The molecule has 0 aliphatic carbocycles. The predicted octanol–water partition coefficient (Wildman–Crippen LogP) is 1.36. The number of hydrogen-bond acceptors (Lipinski definition) is 3. The van der Waals surface area contributed by atoms with Gasteiger partial charge in [-0.25, -0.2) is 0 Å². The van der Waals surface area contributed by atoms with E-state index in [-0.39, 0.29) is 5.78 Å². The Bertz CT molecular complexity index is 558. The second-order valence-electron chi connectivity index (χ2n) is 3.91. The summed E-state index contributed by atoms with van der Waals surface area (Å²) < 4.78 is 3.37. The van der Waals surface area contributed by atoms with Gasteiger partial charge in [-0.3, -0.25) is 14.2 Å². The molecule has 5 heteroatoms. The van der Waals surface area contributed by atoms with Crippen LogP contribution in [0.1, 0.15) is 21.9 Å². The fourth-order valence-electron chi connectivity index (χ4n) is 1.46. The second kappa shape index (κ2) is 4.37. The number of ketones is 1. The third-order valence-corrected chi connectivity index (χ3v) is 2.50. The molecule has 0 aliphatic rings. The molecule has 2 aromatic heterocycles. The van der Waals surface area contributed by atoms with Gasteiger partial charge in [0.1, 0.15) is 5.69 Å². The summed E-state index contributed by atoms with van der Waals surface area (Å²) in [6.45, 7) is 1.96. The Hall–Kier alpha value is -2.17. The standard InChI is InChI=1S/C12H14N4O/c1-9-8-10(13-16(9)3)4-5-12(17)11-6-7-15(2)14-11/h4-8H,1-3H3/b5-4+. The first kappa shape index (κ1) is 11.3. The quantitative estimate of drug-likeness (QED) is 0.591. The molecule has 0 atom stereocenters. The number of aromatic nitrogens is 4. The van der Waals surface area contributed by atoms with Crippen LogP contribution in [0.15, 0.2) is 24.4 Å². The normalized spacial score (nSPS) is 11.2. The fraction of sp³-hybridized carbons (Fsp3) is 0.250. The molecule has 2 heterocycles. The Morgan fingerprint density at radius 2 is 2.12 bits per heavy atom. The minimum atomic E-state index is -0.117. The molecular formula is C12H14N4O. The molecule has 0 spiro atoms. The van der Waals surface area contributed by atoms with Crippen LogP contribution in [-0.4, -0.2) is 25.3 Å². The average molecular weight is 230 g/mol. The first-order valence-electron chi connectivity index (χ1n) is 5.29. The lowest BCUT2D eigenvalue weighted by molar-refractivity contribution is 0.104. The van der Waals surface area contributed by atoms with Gasteiger partial charge in [0.15, 0.2) is 0 Å². The van der Waals surface area contributed by atoms with Crippen LogP contribution < -0.4 is 0 Å². The van der Waals surface area contributed by atoms with Gasteiger partial charge in [-0.05, 0) is 31.2 Å². The number of aryl methyl sites for hydroxylation is 3. The maximum Gasteiger partial charge on any atom is 0.206 e. The van der Waals surface area contributed by atoms with Gasteiger partial charge in [-0.15, -0.1) is 0 Å². The maximum absolute atomic E-state index is 11.7. The zero-order valence-corrected chi connectivity index (χ0v) is 10.1. The van der Waals surface area contributed by atoms with E-state index in [0.29, 0.717) is 5.69 Å². The van der Waals surface area contributed by atoms with Crippen LogP contribution >= 0.6 is 0 Å². The van der Waals surface area contributed by atoms with Gasteiger partial charge in [-0.1, -0.05) is 0 Å². The van der Waals surface area contributed by atoms with E-state index in [2.05, 4.69) is 10.2 Å². The summed E-state index contributed by atoms with van der Waals surface area (Å²) in [4.78, 5) is 11.7. The Morgan fingerprint density at radius 1 is 1.35 bits per heavy atom. The summed E-state index contributed by atoms with van der Waals surface area (Å²) in [6, 6.07) is 3.61. The highest BCUT2D eigenvalue weighted by Crippen LogP contribution is 2.05. The first-order chi connectivity index (χ1) is 8.06. The van der Waals surface area contributed by atoms with Crippen LogP contribution in [0, 0.1) is 6.92 Å². The summed E-state index contributed by atoms with van der Waals surface area (Å²) in [5.74, 6) is -0.117. The number of carbonyl (C=O) groups excluding carboxylic acids is 1. The van der Waals surface area contributed by atoms with E-state index in [9.17, 15) is 4.79 Å². The van der Waals surface area contributed by atoms with Crippen LogP contribution in [0.5, 0.6) is 0 Å². The van der Waals surface area contributed by atoms with Gasteiger partial charge in [0.05, 0.1) is 5.69 Å². The molecule has 0 unspecified atom stereocenters. The van der Waals surface area contributed by atoms with Crippen molar-refractivity contribution in [3.05, 3.63) is 41.5 Å². The van der Waals surface area contributed by atoms with Crippen LogP contribution in [0.25, 0.3) is 6.08 Å². The molecule has 0 amide bonds. The maximum atomic E-state index is 11.7. The van der Waals surface area contributed by atoms with Gasteiger partial charge in [0.2, 0.25) is 5.78 Å². The Kier molecular flexibility index (Phi) is 2.91. The van der Waals surface area contributed by atoms with Crippen LogP contribution in [0.4, 0.5) is 0 Å². The fourth-order valence-corrected chi connectivity index (χ4v) is 1.46. The average Bonchev–Trinajstić information content (AvgIpc) is 2.83. The van der Waals surface area contributed by atoms with Crippen LogP contribution in [0.3, 0.4) is 0 Å². The van der Waals surface area contributed by atoms with Crippen molar-refractivity contribution in [1.82, 2.24) is 19.6 Å². The van der Waals surface area contributed by atoms with Crippen LogP contribution in [-0.2, 0) is 14.1 Å². The Morgan fingerprint density at radius 3 is 2.65 bits per heavy atom. The van der Waals surface area contributed by atoms with Crippen molar-refractivity contribution in [3.63, 3.8) is 0 Å². The molecule has 5 nitrogen and oxygen atoms in total. The van der Waals surface area contributed by atoms with Crippen molar-refractivity contribution in [2.45, 2.75) is 6.92 Å². The van der Waals surface area contributed by atoms with Gasteiger partial charge >= 0.3 is 0 Å². The molecule has 2 aromatic rings. The lowest BCUT2D eigenvalue weighted by Gasteiger charge is -1.89. The monoisotopic (exact) mass is 230 g/mol. The minimum absolute atomic E-state index is 0.117. The van der Waals surface area contributed by atoms with Crippen molar-refractivity contribution >= 4 is 11.9 Å². The number of allylic oxidation sites excluding steroid dienone is 1. The lowest BCUT2D eigenvalue weighted by Crippen LogP contribution is -1.97. The van der Waals surface area contributed by atoms with E-state index < -0.39 is 0 Å². The van der Waals surface area contributed by atoms with Gasteiger partial charge in [0.25, 0.3) is 0 Å². The van der Waals surface area contributed by atoms with E-state index in [1.807, 2.05) is 20.0 Å². The summed E-state index contributed by atoms with van der Waals surface area (Å²) in [6.07, 6.45) is 4.93. The summed E-state index contributed by atoms with van der Waals surface area (Å²) in [5, 5.41) is 8.27. The van der Waals surface area contributed by atoms with E-state index in [1.165, 1.54) is 6.08 Å². The third-order valence-electron chi connectivity index (χ3n) is 2.50. The van der Waals surface area contributed by atoms with Crippen molar-refractivity contribution < 1.29 is 4.79 Å². The largest absolute Gasteiger partial charge is 0.287 e. The number of rotatable bonds is 3. The minimum Gasteiger partial charge on any atom is -0.287 e. The van der Waals surface area contributed by atoms with Gasteiger partial charge in [0, 0.05) is 26.0 Å². The smallest absolute Gasteiger partial charge is 0.206 e. The Labute approximate surface area is 99.4 Å². The first-order valence-corrected chi connectivity index (χ1v) is 5.29. The van der Waals surface area contributed by atoms with E-state index >= 15 is 0 Å². The van der Waals surface area contributed by atoms with Crippen molar-refractivity contribution in [2.75, 3.05) is 0 Å². The lowest BCUT2D eigenvalue weighted by atomic mass is 10.2. The van der Waals surface area contributed by atoms with Gasteiger partial charge < -0.3 is 0 Å².